The molecule has 1 N–H and O–H groups in total. The van der Waals surface area contributed by atoms with Crippen LogP contribution < -0.4 is 0 Å². The first-order valence-corrected chi connectivity index (χ1v) is 4.86. The summed E-state index contributed by atoms with van der Waals surface area (Å²) in [4.78, 5) is 10.7. The van der Waals surface area contributed by atoms with Gasteiger partial charge in [-0.2, -0.15) is 0 Å². The standard InChI is InChI=1S/C9H12O5/c10-8(11)6-1-7(6)9-12-2-5(3-13-9)4-14-9/h5-7H,1-4H2,(H,10,11). The molecule has 0 radical (unpaired) electrons. The van der Waals surface area contributed by atoms with Crippen LogP contribution in [-0.4, -0.2) is 36.9 Å². The van der Waals surface area contributed by atoms with E-state index in [1.807, 2.05) is 0 Å². The van der Waals surface area contributed by atoms with E-state index in [1.54, 1.807) is 0 Å². The molecule has 4 aliphatic rings. The summed E-state index contributed by atoms with van der Waals surface area (Å²) < 4.78 is 16.4. The molecule has 3 saturated heterocycles. The molecule has 0 amide bonds. The van der Waals surface area contributed by atoms with E-state index in [-0.39, 0.29) is 11.8 Å². The Bertz CT molecular complexity index is 255. The Hall–Kier alpha value is -0.650. The second-order valence-corrected chi connectivity index (χ2v) is 4.19. The molecule has 5 heteroatoms. The highest BCUT2D eigenvalue weighted by Crippen LogP contribution is 2.52. The minimum Gasteiger partial charge on any atom is -0.481 e. The first-order valence-electron chi connectivity index (χ1n) is 4.86. The number of ether oxygens (including phenoxy) is 3. The van der Waals surface area contributed by atoms with Gasteiger partial charge < -0.3 is 19.3 Å². The largest absolute Gasteiger partial charge is 0.481 e. The Morgan fingerprint density at radius 2 is 1.79 bits per heavy atom. The molecule has 3 aliphatic heterocycles. The maximum atomic E-state index is 10.7. The van der Waals surface area contributed by atoms with Crippen LogP contribution >= 0.6 is 0 Å². The van der Waals surface area contributed by atoms with Crippen molar-refractivity contribution in [2.24, 2.45) is 17.8 Å². The fourth-order valence-corrected chi connectivity index (χ4v) is 2.15. The lowest BCUT2D eigenvalue weighted by Gasteiger charge is -2.45. The molecule has 4 fully saturated rings. The zero-order valence-corrected chi connectivity index (χ0v) is 7.64. The molecule has 2 unspecified atom stereocenters. The fourth-order valence-electron chi connectivity index (χ4n) is 2.15. The van der Waals surface area contributed by atoms with Crippen molar-refractivity contribution in [1.82, 2.24) is 0 Å². The van der Waals surface area contributed by atoms with Crippen molar-refractivity contribution in [3.05, 3.63) is 0 Å². The number of carboxylic acid groups (broad SMARTS) is 1. The van der Waals surface area contributed by atoms with Crippen molar-refractivity contribution in [2.75, 3.05) is 19.8 Å². The van der Waals surface area contributed by atoms with E-state index >= 15 is 0 Å². The van der Waals surface area contributed by atoms with Gasteiger partial charge >= 0.3 is 5.97 Å². The van der Waals surface area contributed by atoms with Gasteiger partial charge in [0.15, 0.2) is 0 Å². The molecule has 78 valence electrons. The summed E-state index contributed by atoms with van der Waals surface area (Å²) in [6.07, 6.45) is 0.597. The summed E-state index contributed by atoms with van der Waals surface area (Å²) in [5.41, 5.74) is 0. The molecule has 3 heterocycles. The molecule has 14 heavy (non-hydrogen) atoms. The van der Waals surface area contributed by atoms with Gasteiger partial charge in [0.1, 0.15) is 0 Å². The lowest BCUT2D eigenvalue weighted by molar-refractivity contribution is -0.458. The first kappa shape index (κ1) is 8.64. The lowest BCUT2D eigenvalue weighted by Crippen LogP contribution is -2.55. The third kappa shape index (κ3) is 1.09. The summed E-state index contributed by atoms with van der Waals surface area (Å²) in [5.74, 6) is -1.98. The van der Waals surface area contributed by atoms with Crippen molar-refractivity contribution in [1.29, 1.82) is 0 Å². The third-order valence-electron chi connectivity index (χ3n) is 3.12. The molecule has 0 aromatic rings. The highest BCUT2D eigenvalue weighted by molar-refractivity contribution is 5.73. The Morgan fingerprint density at radius 3 is 2.21 bits per heavy atom. The van der Waals surface area contributed by atoms with Gasteiger partial charge in [0.2, 0.25) is 0 Å². The zero-order valence-electron chi connectivity index (χ0n) is 7.64. The normalized spacial score (nSPS) is 50.4. The maximum Gasteiger partial charge on any atom is 0.307 e. The monoisotopic (exact) mass is 200 g/mol. The van der Waals surface area contributed by atoms with Gasteiger partial charge in [-0.05, 0) is 6.42 Å². The molecule has 4 rings (SSSR count). The van der Waals surface area contributed by atoms with Gasteiger partial charge in [-0.25, -0.2) is 0 Å². The van der Waals surface area contributed by atoms with Gasteiger partial charge in [0.25, 0.3) is 5.97 Å². The Balaban J connectivity index is 1.75. The van der Waals surface area contributed by atoms with Crippen molar-refractivity contribution < 1.29 is 24.1 Å². The molecular formula is C9H12O5. The van der Waals surface area contributed by atoms with Crippen molar-refractivity contribution in [3.63, 3.8) is 0 Å². The second kappa shape index (κ2) is 2.68. The summed E-state index contributed by atoms with van der Waals surface area (Å²) in [7, 11) is 0. The zero-order chi connectivity index (χ0) is 9.76. The molecule has 2 atom stereocenters. The van der Waals surface area contributed by atoms with Gasteiger partial charge in [0, 0.05) is 5.92 Å². The van der Waals surface area contributed by atoms with Crippen molar-refractivity contribution >= 4 is 5.97 Å². The molecule has 5 nitrogen and oxygen atoms in total. The molecular weight excluding hydrogens is 188 g/mol. The van der Waals surface area contributed by atoms with Crippen molar-refractivity contribution in [2.45, 2.75) is 12.4 Å². The Labute approximate surface area is 80.9 Å². The van der Waals surface area contributed by atoms with Crippen LogP contribution in [0.2, 0.25) is 0 Å². The Kier molecular flexibility index (Phi) is 1.66. The van der Waals surface area contributed by atoms with Crippen LogP contribution in [0.25, 0.3) is 0 Å². The minimum absolute atomic E-state index is 0.124. The summed E-state index contributed by atoms with van der Waals surface area (Å²) in [6.45, 7) is 1.88. The second-order valence-electron chi connectivity index (χ2n) is 4.19. The molecule has 1 saturated carbocycles. The van der Waals surface area contributed by atoms with E-state index < -0.39 is 11.9 Å². The van der Waals surface area contributed by atoms with Gasteiger partial charge in [-0.1, -0.05) is 0 Å². The SMILES string of the molecule is O=C(O)C1CC1C12OCC(CO1)CO2. The number of carboxylic acids is 1. The van der Waals surface area contributed by atoms with Crippen LogP contribution in [0, 0.1) is 17.8 Å². The molecule has 0 aromatic carbocycles. The molecule has 0 spiro atoms. The minimum atomic E-state index is -1.03. The number of hydrogen-bond donors (Lipinski definition) is 1. The average molecular weight is 200 g/mol. The number of rotatable bonds is 2. The predicted molar refractivity (Wildman–Crippen MR) is 43.3 cm³/mol. The average Bonchev–Trinajstić information content (AvgIpc) is 3.00. The van der Waals surface area contributed by atoms with E-state index in [9.17, 15) is 4.79 Å². The number of fused-ring (bicyclic) bond motifs is 3. The summed E-state index contributed by atoms with van der Waals surface area (Å²) in [6, 6.07) is 0. The lowest BCUT2D eigenvalue weighted by atomic mass is 10.1. The number of aliphatic carboxylic acids is 1. The fraction of sp³-hybridized carbons (Fsp3) is 0.889. The van der Waals surface area contributed by atoms with Crippen LogP contribution in [0.5, 0.6) is 0 Å². The topological polar surface area (TPSA) is 65.0 Å². The van der Waals surface area contributed by atoms with Gasteiger partial charge in [0.05, 0.1) is 31.7 Å². The van der Waals surface area contributed by atoms with Gasteiger partial charge in [-0.15, -0.1) is 0 Å². The van der Waals surface area contributed by atoms with E-state index in [0.717, 1.165) is 0 Å². The first-order chi connectivity index (χ1) is 6.71. The molecule has 0 aromatic heterocycles. The number of hydrogen-bond acceptors (Lipinski definition) is 4. The smallest absolute Gasteiger partial charge is 0.307 e. The summed E-state index contributed by atoms with van der Waals surface area (Å²) in [5, 5.41) is 8.81. The molecule has 1 aliphatic carbocycles. The van der Waals surface area contributed by atoms with Crippen LogP contribution in [-0.2, 0) is 19.0 Å². The van der Waals surface area contributed by atoms with E-state index in [1.165, 1.54) is 0 Å². The highest BCUT2D eigenvalue weighted by atomic mass is 16.9. The van der Waals surface area contributed by atoms with Crippen LogP contribution in [0.1, 0.15) is 6.42 Å². The Morgan fingerprint density at radius 1 is 1.21 bits per heavy atom. The van der Waals surface area contributed by atoms with Gasteiger partial charge in [-0.3, -0.25) is 4.79 Å². The summed E-state index contributed by atoms with van der Waals surface area (Å²) >= 11 is 0. The highest BCUT2D eigenvalue weighted by Gasteiger charge is 2.63. The quantitative estimate of drug-likeness (QED) is 0.682. The van der Waals surface area contributed by atoms with Crippen LogP contribution in [0.15, 0.2) is 0 Å². The molecule has 2 bridgehead atoms. The number of carbonyl (C=O) groups is 1. The predicted octanol–water partition coefficient (Wildman–Crippen LogP) is 0.0541. The third-order valence-corrected chi connectivity index (χ3v) is 3.12. The maximum absolute atomic E-state index is 10.7. The van der Waals surface area contributed by atoms with Crippen molar-refractivity contribution in [3.8, 4) is 0 Å². The van der Waals surface area contributed by atoms with Crippen LogP contribution in [0.4, 0.5) is 0 Å². The van der Waals surface area contributed by atoms with E-state index in [0.29, 0.717) is 32.2 Å². The van der Waals surface area contributed by atoms with E-state index in [4.69, 9.17) is 19.3 Å². The van der Waals surface area contributed by atoms with Crippen LogP contribution in [0.3, 0.4) is 0 Å². The van der Waals surface area contributed by atoms with E-state index in [2.05, 4.69) is 0 Å².